The van der Waals surface area contributed by atoms with Crippen LogP contribution in [0.4, 0.5) is 0 Å². The van der Waals surface area contributed by atoms with Gasteiger partial charge in [0.25, 0.3) is 0 Å². The topological polar surface area (TPSA) is 38.5 Å². The molecule has 4 atom stereocenters. The number of piperidine rings is 1. The summed E-state index contributed by atoms with van der Waals surface area (Å²) >= 11 is 0. The Hall–Kier alpha value is -1.58. The van der Waals surface area contributed by atoms with Gasteiger partial charge in [0.15, 0.2) is 0 Å². The highest BCUT2D eigenvalue weighted by Gasteiger charge is 2.51. The van der Waals surface area contributed by atoms with Gasteiger partial charge in [-0.25, -0.2) is 0 Å². The SMILES string of the molecule is CCc1ccc(O[C@H]2CCC3(N4CCC[C@@H](N)C4)C=CC=CC23)c(C(C)(C)C)c1. The van der Waals surface area contributed by atoms with Crippen molar-refractivity contribution in [3.8, 4) is 5.75 Å². The molecule has 3 nitrogen and oxygen atoms in total. The van der Waals surface area contributed by atoms with E-state index in [2.05, 4.69) is 75.1 Å². The van der Waals surface area contributed by atoms with E-state index in [9.17, 15) is 0 Å². The molecule has 3 aliphatic rings. The predicted molar refractivity (Wildman–Crippen MR) is 121 cm³/mol. The second-order valence-corrected chi connectivity index (χ2v) is 10.2. The van der Waals surface area contributed by atoms with Crippen molar-refractivity contribution in [3.05, 3.63) is 53.6 Å². The van der Waals surface area contributed by atoms with Gasteiger partial charge in [-0.1, -0.05) is 64.1 Å². The molecule has 0 radical (unpaired) electrons. The molecule has 2 N–H and O–H groups in total. The van der Waals surface area contributed by atoms with E-state index in [0.29, 0.717) is 12.0 Å². The molecular formula is C26H38N2O. The fraction of sp³-hybridized carbons (Fsp3) is 0.615. The van der Waals surface area contributed by atoms with Crippen molar-refractivity contribution >= 4 is 0 Å². The first-order valence-electron chi connectivity index (χ1n) is 11.5. The van der Waals surface area contributed by atoms with Crippen LogP contribution < -0.4 is 10.5 Å². The van der Waals surface area contributed by atoms with Crippen LogP contribution in [-0.4, -0.2) is 35.7 Å². The summed E-state index contributed by atoms with van der Waals surface area (Å²) in [5, 5.41) is 0. The van der Waals surface area contributed by atoms with Crippen molar-refractivity contribution in [2.24, 2.45) is 11.7 Å². The van der Waals surface area contributed by atoms with E-state index in [1.807, 2.05) is 0 Å². The molecule has 158 valence electrons. The highest BCUT2D eigenvalue weighted by molar-refractivity contribution is 5.42. The van der Waals surface area contributed by atoms with Gasteiger partial charge in [0.1, 0.15) is 11.9 Å². The summed E-state index contributed by atoms with van der Waals surface area (Å²) in [6.45, 7) is 11.2. The van der Waals surface area contributed by atoms with Crippen molar-refractivity contribution in [1.29, 1.82) is 0 Å². The standard InChI is InChI=1S/C26H38N2O/c1-5-19-11-12-23(22(17-19)25(2,3)4)29-24-13-15-26(14-7-6-10-21(24)26)28-16-8-9-20(27)18-28/h6-7,10-12,14,17,20-21,24H,5,8-9,13,15-16,18,27H2,1-4H3/t20-,21?,24+,26?/m1/s1. The number of hydrogen-bond acceptors (Lipinski definition) is 3. The number of fused-ring (bicyclic) bond motifs is 1. The third-order valence-corrected chi connectivity index (χ3v) is 7.21. The van der Waals surface area contributed by atoms with Gasteiger partial charge in [0.05, 0.1) is 0 Å². The molecule has 1 aromatic carbocycles. The maximum absolute atomic E-state index is 6.80. The maximum Gasteiger partial charge on any atom is 0.123 e. The van der Waals surface area contributed by atoms with Crippen LogP contribution in [0.2, 0.25) is 0 Å². The molecular weight excluding hydrogens is 356 g/mol. The van der Waals surface area contributed by atoms with Crippen molar-refractivity contribution in [2.75, 3.05) is 13.1 Å². The van der Waals surface area contributed by atoms with Crippen LogP contribution in [0.1, 0.15) is 64.5 Å². The van der Waals surface area contributed by atoms with Crippen molar-refractivity contribution in [2.45, 2.75) is 82.9 Å². The maximum atomic E-state index is 6.80. The molecule has 2 unspecified atom stereocenters. The van der Waals surface area contributed by atoms with E-state index >= 15 is 0 Å². The molecule has 0 spiro atoms. The molecule has 1 aliphatic heterocycles. The Balaban J connectivity index is 1.61. The van der Waals surface area contributed by atoms with Crippen LogP contribution >= 0.6 is 0 Å². The normalized spacial score (nSPS) is 32.4. The molecule has 0 bridgehead atoms. The fourth-order valence-electron chi connectivity index (χ4n) is 5.58. The number of aryl methyl sites for hydroxylation is 1. The Bertz CT molecular complexity index is 790. The molecule has 1 heterocycles. The molecule has 2 fully saturated rings. The van der Waals surface area contributed by atoms with Crippen LogP contribution in [0, 0.1) is 5.92 Å². The van der Waals surface area contributed by atoms with Crippen LogP contribution in [0.3, 0.4) is 0 Å². The van der Waals surface area contributed by atoms with Crippen LogP contribution in [0.25, 0.3) is 0 Å². The molecule has 0 aromatic heterocycles. The summed E-state index contributed by atoms with van der Waals surface area (Å²) in [4.78, 5) is 2.65. The van der Waals surface area contributed by atoms with E-state index in [4.69, 9.17) is 10.5 Å². The summed E-state index contributed by atoms with van der Waals surface area (Å²) in [6, 6.07) is 7.08. The van der Waals surface area contributed by atoms with Gasteiger partial charge >= 0.3 is 0 Å². The molecule has 0 amide bonds. The van der Waals surface area contributed by atoms with Crippen LogP contribution in [0.5, 0.6) is 5.75 Å². The first-order chi connectivity index (χ1) is 13.8. The minimum atomic E-state index is 0.0676. The van der Waals surface area contributed by atoms with Gasteiger partial charge in [-0.05, 0) is 61.3 Å². The largest absolute Gasteiger partial charge is 0.489 e. The second kappa shape index (κ2) is 7.92. The molecule has 29 heavy (non-hydrogen) atoms. The van der Waals surface area contributed by atoms with E-state index < -0.39 is 0 Å². The number of nitrogens with zero attached hydrogens (tertiary/aromatic N) is 1. The first kappa shape index (κ1) is 20.7. The minimum Gasteiger partial charge on any atom is -0.489 e. The number of ether oxygens (including phenoxy) is 1. The number of likely N-dealkylation sites (tertiary alicyclic amines) is 1. The zero-order chi connectivity index (χ0) is 20.6. The first-order valence-corrected chi connectivity index (χ1v) is 11.5. The number of rotatable bonds is 4. The zero-order valence-corrected chi connectivity index (χ0v) is 18.7. The summed E-state index contributed by atoms with van der Waals surface area (Å²) in [5.41, 5.74) is 9.19. The van der Waals surface area contributed by atoms with Crippen LogP contribution in [-0.2, 0) is 11.8 Å². The Morgan fingerprint density at radius 1 is 1.21 bits per heavy atom. The average Bonchev–Trinajstić information content (AvgIpc) is 3.07. The Labute approximate surface area is 177 Å². The lowest BCUT2D eigenvalue weighted by Gasteiger charge is -2.47. The van der Waals surface area contributed by atoms with Gasteiger partial charge < -0.3 is 10.5 Å². The molecule has 3 heteroatoms. The summed E-state index contributed by atoms with van der Waals surface area (Å²) in [5.74, 6) is 1.45. The van der Waals surface area contributed by atoms with Gasteiger partial charge in [-0.2, -0.15) is 0 Å². The minimum absolute atomic E-state index is 0.0676. The molecule has 4 rings (SSSR count). The summed E-state index contributed by atoms with van der Waals surface area (Å²) in [7, 11) is 0. The third-order valence-electron chi connectivity index (χ3n) is 7.21. The van der Waals surface area contributed by atoms with Crippen molar-refractivity contribution in [1.82, 2.24) is 4.90 Å². The summed E-state index contributed by atoms with van der Waals surface area (Å²) < 4.78 is 6.80. The fourth-order valence-corrected chi connectivity index (χ4v) is 5.58. The van der Waals surface area contributed by atoms with E-state index in [0.717, 1.165) is 44.5 Å². The Kier molecular flexibility index (Phi) is 5.65. The Morgan fingerprint density at radius 3 is 2.76 bits per heavy atom. The smallest absolute Gasteiger partial charge is 0.123 e. The lowest BCUT2D eigenvalue weighted by Crippen LogP contribution is -2.57. The lowest BCUT2D eigenvalue weighted by molar-refractivity contribution is 0.0538. The second-order valence-electron chi connectivity index (χ2n) is 10.2. The quantitative estimate of drug-likeness (QED) is 0.782. The highest BCUT2D eigenvalue weighted by Crippen LogP contribution is 2.47. The third kappa shape index (κ3) is 3.92. The monoisotopic (exact) mass is 394 g/mol. The van der Waals surface area contributed by atoms with Crippen LogP contribution in [0.15, 0.2) is 42.5 Å². The van der Waals surface area contributed by atoms with Crippen molar-refractivity contribution < 1.29 is 4.74 Å². The van der Waals surface area contributed by atoms with E-state index in [-0.39, 0.29) is 17.1 Å². The Morgan fingerprint density at radius 2 is 2.03 bits per heavy atom. The number of nitrogens with two attached hydrogens (primary N) is 1. The van der Waals surface area contributed by atoms with Crippen molar-refractivity contribution in [3.63, 3.8) is 0 Å². The zero-order valence-electron chi connectivity index (χ0n) is 18.7. The number of benzene rings is 1. The molecule has 1 saturated carbocycles. The number of hydrogen-bond donors (Lipinski definition) is 1. The van der Waals surface area contributed by atoms with Gasteiger partial charge in [-0.15, -0.1) is 0 Å². The molecule has 1 aromatic rings. The molecule has 2 aliphatic carbocycles. The molecule has 1 saturated heterocycles. The van der Waals surface area contributed by atoms with Gasteiger partial charge in [0.2, 0.25) is 0 Å². The average molecular weight is 395 g/mol. The predicted octanol–water partition coefficient (Wildman–Crippen LogP) is 4.99. The van der Waals surface area contributed by atoms with Gasteiger partial charge in [-0.3, -0.25) is 4.90 Å². The highest BCUT2D eigenvalue weighted by atomic mass is 16.5. The lowest BCUT2D eigenvalue weighted by atomic mass is 9.79. The van der Waals surface area contributed by atoms with Gasteiger partial charge in [0, 0.05) is 24.0 Å². The van der Waals surface area contributed by atoms with E-state index in [1.54, 1.807) is 0 Å². The summed E-state index contributed by atoms with van der Waals surface area (Å²) in [6.07, 6.45) is 15.1. The number of allylic oxidation sites excluding steroid dienone is 2. The van der Waals surface area contributed by atoms with E-state index in [1.165, 1.54) is 17.5 Å².